The molecule has 0 aliphatic carbocycles. The van der Waals surface area contributed by atoms with Gasteiger partial charge in [-0.25, -0.2) is 4.79 Å². The van der Waals surface area contributed by atoms with E-state index in [2.05, 4.69) is 9.47 Å². The molecule has 0 radical (unpaired) electrons. The maximum absolute atomic E-state index is 13.3. The predicted octanol–water partition coefficient (Wildman–Crippen LogP) is 4.70. The van der Waals surface area contributed by atoms with E-state index in [1.807, 2.05) is 0 Å². The summed E-state index contributed by atoms with van der Waals surface area (Å²) in [5.41, 5.74) is -2.18. The number of hydrogen-bond acceptors (Lipinski definition) is 3. The molecule has 12 heteroatoms. The number of carbonyl (C=O) groups is 1. The summed E-state index contributed by atoms with van der Waals surface area (Å²) in [6, 6.07) is 0.994. The van der Waals surface area contributed by atoms with Gasteiger partial charge in [0.15, 0.2) is 5.76 Å². The molecule has 4 nitrogen and oxygen atoms in total. The van der Waals surface area contributed by atoms with Crippen LogP contribution in [0, 0.1) is 0 Å². The minimum atomic E-state index is -5.94. The molecule has 1 aromatic rings. The molecule has 0 spiro atoms. The van der Waals surface area contributed by atoms with Crippen molar-refractivity contribution in [2.75, 3.05) is 0 Å². The minimum absolute atomic E-state index is 0.237. The summed E-state index contributed by atoms with van der Waals surface area (Å²) >= 11 is 0. The lowest BCUT2D eigenvalue weighted by Gasteiger charge is -2.28. The SMILES string of the molecule is O=C(O)OC1=Cc2cc(C(F)(F)C(F)(F)F)ccc2OC1C(F)(F)F. The summed E-state index contributed by atoms with van der Waals surface area (Å²) < 4.78 is 111. The molecule has 1 atom stereocenters. The van der Waals surface area contributed by atoms with Gasteiger partial charge in [-0.05, 0) is 24.3 Å². The second kappa shape index (κ2) is 5.77. The van der Waals surface area contributed by atoms with E-state index in [-0.39, 0.29) is 12.1 Å². The average molecular weight is 378 g/mol. The van der Waals surface area contributed by atoms with Crippen LogP contribution in [0.1, 0.15) is 11.1 Å². The zero-order valence-electron chi connectivity index (χ0n) is 11.6. The Hall–Kier alpha value is -2.53. The number of hydrogen-bond donors (Lipinski definition) is 1. The van der Waals surface area contributed by atoms with Crippen LogP contribution in [0.2, 0.25) is 0 Å². The molecule has 138 valence electrons. The highest BCUT2D eigenvalue weighted by Crippen LogP contribution is 2.46. The van der Waals surface area contributed by atoms with E-state index in [1.165, 1.54) is 0 Å². The van der Waals surface area contributed by atoms with Crippen molar-refractivity contribution in [1.82, 2.24) is 0 Å². The van der Waals surface area contributed by atoms with Gasteiger partial charge in [-0.15, -0.1) is 0 Å². The number of benzene rings is 1. The third-order valence-corrected chi connectivity index (χ3v) is 3.03. The molecule has 2 rings (SSSR count). The molecule has 0 saturated carbocycles. The molecule has 0 saturated heterocycles. The monoisotopic (exact) mass is 378 g/mol. The van der Waals surface area contributed by atoms with Crippen LogP contribution in [0.3, 0.4) is 0 Å². The van der Waals surface area contributed by atoms with Crippen LogP contribution < -0.4 is 4.74 Å². The van der Waals surface area contributed by atoms with E-state index in [0.717, 1.165) is 0 Å². The van der Waals surface area contributed by atoms with Gasteiger partial charge >= 0.3 is 24.4 Å². The van der Waals surface area contributed by atoms with Crippen LogP contribution in [-0.2, 0) is 10.7 Å². The Balaban J connectivity index is 2.52. The lowest BCUT2D eigenvalue weighted by atomic mass is 10.0. The zero-order valence-corrected chi connectivity index (χ0v) is 11.6. The van der Waals surface area contributed by atoms with E-state index < -0.39 is 53.2 Å². The zero-order chi connectivity index (χ0) is 19.2. The molecule has 25 heavy (non-hydrogen) atoms. The molecule has 0 amide bonds. The van der Waals surface area contributed by atoms with E-state index in [1.54, 1.807) is 0 Å². The Morgan fingerprint density at radius 2 is 1.68 bits per heavy atom. The quantitative estimate of drug-likeness (QED) is 0.599. The number of alkyl halides is 8. The topological polar surface area (TPSA) is 55.8 Å². The van der Waals surface area contributed by atoms with Gasteiger partial charge < -0.3 is 14.6 Å². The normalized spacial score (nSPS) is 18.1. The number of halogens is 8. The van der Waals surface area contributed by atoms with Gasteiger partial charge in [0, 0.05) is 11.1 Å². The first-order chi connectivity index (χ1) is 11.2. The lowest BCUT2D eigenvalue weighted by molar-refractivity contribution is -0.289. The number of ether oxygens (including phenoxy) is 2. The Kier molecular flexibility index (Phi) is 4.34. The molecular weight excluding hydrogens is 372 g/mol. The first kappa shape index (κ1) is 18.8. The van der Waals surface area contributed by atoms with Crippen molar-refractivity contribution in [1.29, 1.82) is 0 Å². The van der Waals surface area contributed by atoms with E-state index in [9.17, 15) is 39.9 Å². The minimum Gasteiger partial charge on any atom is -0.472 e. The summed E-state index contributed by atoms with van der Waals surface area (Å²) in [5.74, 6) is -7.26. The van der Waals surface area contributed by atoms with E-state index in [0.29, 0.717) is 12.1 Å². The van der Waals surface area contributed by atoms with Crippen molar-refractivity contribution in [3.8, 4) is 5.75 Å². The largest absolute Gasteiger partial charge is 0.511 e. The van der Waals surface area contributed by atoms with Crippen LogP contribution in [0.15, 0.2) is 24.0 Å². The second-order valence-electron chi connectivity index (χ2n) is 4.78. The molecule has 1 aliphatic heterocycles. The Morgan fingerprint density at radius 3 is 2.16 bits per heavy atom. The fraction of sp³-hybridized carbons (Fsp3) is 0.308. The molecule has 0 aromatic heterocycles. The first-order valence-electron chi connectivity index (χ1n) is 6.18. The number of fused-ring (bicyclic) bond motifs is 1. The molecule has 0 bridgehead atoms. The van der Waals surface area contributed by atoms with Gasteiger partial charge in [0.05, 0.1) is 0 Å². The first-order valence-corrected chi connectivity index (χ1v) is 6.18. The summed E-state index contributed by atoms with van der Waals surface area (Å²) in [7, 11) is 0. The maximum Gasteiger partial charge on any atom is 0.511 e. The molecule has 1 unspecified atom stereocenters. The van der Waals surface area contributed by atoms with Crippen LogP contribution >= 0.6 is 0 Å². The summed E-state index contributed by atoms with van der Waals surface area (Å²) in [4.78, 5) is 10.5. The molecule has 1 N–H and O–H groups in total. The maximum atomic E-state index is 13.3. The molecule has 1 aromatic carbocycles. The summed E-state index contributed by atoms with van der Waals surface area (Å²) in [6.07, 6.45) is -15.7. The van der Waals surface area contributed by atoms with Gasteiger partial charge in [-0.3, -0.25) is 0 Å². The number of carboxylic acid groups (broad SMARTS) is 1. The third-order valence-electron chi connectivity index (χ3n) is 3.03. The second-order valence-corrected chi connectivity index (χ2v) is 4.78. The van der Waals surface area contributed by atoms with Crippen molar-refractivity contribution in [2.24, 2.45) is 0 Å². The van der Waals surface area contributed by atoms with Gasteiger partial charge in [0.2, 0.25) is 0 Å². The van der Waals surface area contributed by atoms with Crippen molar-refractivity contribution in [3.05, 3.63) is 35.1 Å². The molecule has 1 heterocycles. The van der Waals surface area contributed by atoms with Gasteiger partial charge in [0.25, 0.3) is 6.10 Å². The third kappa shape index (κ3) is 3.61. The Labute approximate surface area is 133 Å². The average Bonchev–Trinajstić information content (AvgIpc) is 2.42. The van der Waals surface area contributed by atoms with Crippen molar-refractivity contribution < 1.29 is 54.5 Å². The van der Waals surface area contributed by atoms with Crippen LogP contribution in [-0.4, -0.2) is 29.7 Å². The smallest absolute Gasteiger partial charge is 0.472 e. The molecule has 1 aliphatic rings. The summed E-state index contributed by atoms with van der Waals surface area (Å²) in [5, 5.41) is 8.43. The van der Waals surface area contributed by atoms with Crippen LogP contribution in [0.25, 0.3) is 6.08 Å². The highest BCUT2D eigenvalue weighted by atomic mass is 19.4. The highest BCUT2D eigenvalue weighted by Gasteiger charge is 2.59. The fourth-order valence-electron chi connectivity index (χ4n) is 1.95. The molecular formula is C13H6F8O4. The van der Waals surface area contributed by atoms with Crippen LogP contribution in [0.4, 0.5) is 39.9 Å². The van der Waals surface area contributed by atoms with E-state index >= 15 is 0 Å². The summed E-state index contributed by atoms with van der Waals surface area (Å²) in [6.45, 7) is 0. The predicted molar refractivity (Wildman–Crippen MR) is 63.9 cm³/mol. The Morgan fingerprint density at radius 1 is 1.08 bits per heavy atom. The highest BCUT2D eigenvalue weighted by molar-refractivity contribution is 5.67. The van der Waals surface area contributed by atoms with Gasteiger partial charge in [-0.1, -0.05) is 0 Å². The van der Waals surface area contributed by atoms with Crippen molar-refractivity contribution in [3.63, 3.8) is 0 Å². The number of rotatable bonds is 2. The molecule has 0 fully saturated rings. The Bertz CT molecular complexity index is 720. The van der Waals surface area contributed by atoms with E-state index in [4.69, 9.17) is 5.11 Å². The van der Waals surface area contributed by atoms with Crippen LogP contribution in [0.5, 0.6) is 5.75 Å². The van der Waals surface area contributed by atoms with Crippen molar-refractivity contribution >= 4 is 12.2 Å². The van der Waals surface area contributed by atoms with Crippen molar-refractivity contribution in [2.45, 2.75) is 24.4 Å². The standard InChI is InChI=1S/C13H6F8O4/c14-11(15,13(19,20)21)6-1-2-7-5(3-6)4-8(25-10(22)23)9(24-7)12(16,17)18/h1-4,9H,(H,22,23). The van der Waals surface area contributed by atoms with Gasteiger partial charge in [0.1, 0.15) is 5.75 Å². The lowest BCUT2D eigenvalue weighted by Crippen LogP contribution is -2.39. The van der Waals surface area contributed by atoms with Gasteiger partial charge in [-0.2, -0.15) is 35.1 Å². The fourth-order valence-corrected chi connectivity index (χ4v) is 1.95.